The van der Waals surface area contributed by atoms with E-state index in [4.69, 9.17) is 22.1 Å². The van der Waals surface area contributed by atoms with Gasteiger partial charge in [-0.3, -0.25) is 4.90 Å². The molecule has 1 heterocycles. The molecule has 2 rings (SSSR count). The lowest BCUT2D eigenvalue weighted by Crippen LogP contribution is -2.27. The third kappa shape index (κ3) is 4.65. The molecular formula is C13H20Cl2N2O. The molecule has 1 aliphatic rings. The second kappa shape index (κ2) is 7.85. The van der Waals surface area contributed by atoms with Gasteiger partial charge >= 0.3 is 0 Å². The molecule has 1 saturated heterocycles. The van der Waals surface area contributed by atoms with E-state index in [0.29, 0.717) is 17.5 Å². The SMILES string of the molecule is Cl.NCC1CCN(CCOc2cccc(Cl)c2)C1. The smallest absolute Gasteiger partial charge is 0.120 e. The summed E-state index contributed by atoms with van der Waals surface area (Å²) in [5.74, 6) is 1.51. The van der Waals surface area contributed by atoms with Crippen LogP contribution in [0, 0.1) is 5.92 Å². The number of likely N-dealkylation sites (tertiary alicyclic amines) is 1. The van der Waals surface area contributed by atoms with Crippen molar-refractivity contribution in [2.45, 2.75) is 6.42 Å². The zero-order chi connectivity index (χ0) is 12.1. The largest absolute Gasteiger partial charge is 0.492 e. The molecule has 1 atom stereocenters. The molecule has 5 heteroatoms. The van der Waals surface area contributed by atoms with Gasteiger partial charge in [-0.15, -0.1) is 12.4 Å². The van der Waals surface area contributed by atoms with Gasteiger partial charge in [-0.1, -0.05) is 17.7 Å². The highest BCUT2D eigenvalue weighted by atomic mass is 35.5. The van der Waals surface area contributed by atoms with Gasteiger partial charge in [0.05, 0.1) is 0 Å². The summed E-state index contributed by atoms with van der Waals surface area (Å²) < 4.78 is 5.66. The normalized spacial score (nSPS) is 19.6. The Hall–Kier alpha value is -0.480. The van der Waals surface area contributed by atoms with E-state index >= 15 is 0 Å². The Bertz CT molecular complexity index is 363. The molecule has 2 N–H and O–H groups in total. The van der Waals surface area contributed by atoms with E-state index in [1.165, 1.54) is 6.42 Å². The molecule has 1 aromatic carbocycles. The van der Waals surface area contributed by atoms with Gasteiger partial charge in [0.25, 0.3) is 0 Å². The molecule has 1 aromatic rings. The summed E-state index contributed by atoms with van der Waals surface area (Å²) in [6.45, 7) is 4.71. The number of halogens is 2. The fourth-order valence-electron chi connectivity index (χ4n) is 2.16. The van der Waals surface area contributed by atoms with Crippen molar-refractivity contribution in [1.82, 2.24) is 4.90 Å². The van der Waals surface area contributed by atoms with Crippen LogP contribution in [0.4, 0.5) is 0 Å². The molecule has 0 radical (unpaired) electrons. The van der Waals surface area contributed by atoms with Crippen LogP contribution >= 0.6 is 24.0 Å². The van der Waals surface area contributed by atoms with Crippen LogP contribution in [0.15, 0.2) is 24.3 Å². The predicted molar refractivity (Wildman–Crippen MR) is 77.8 cm³/mol. The maximum absolute atomic E-state index is 5.88. The molecule has 0 aromatic heterocycles. The number of benzene rings is 1. The second-order valence-electron chi connectivity index (χ2n) is 4.50. The third-order valence-electron chi connectivity index (χ3n) is 3.18. The van der Waals surface area contributed by atoms with Crippen molar-refractivity contribution >= 4 is 24.0 Å². The predicted octanol–water partition coefficient (Wildman–Crippen LogP) is 2.42. The minimum absolute atomic E-state index is 0. The van der Waals surface area contributed by atoms with Crippen LogP contribution in [0.5, 0.6) is 5.75 Å². The summed E-state index contributed by atoms with van der Waals surface area (Å²) in [6.07, 6.45) is 1.22. The molecule has 1 unspecified atom stereocenters. The molecule has 3 nitrogen and oxygen atoms in total. The fourth-order valence-corrected chi connectivity index (χ4v) is 2.34. The summed E-state index contributed by atoms with van der Waals surface area (Å²) in [5.41, 5.74) is 5.66. The summed E-state index contributed by atoms with van der Waals surface area (Å²) in [4.78, 5) is 2.40. The number of hydrogen-bond donors (Lipinski definition) is 1. The Kier molecular flexibility index (Phi) is 6.79. The Labute approximate surface area is 120 Å². The van der Waals surface area contributed by atoms with Gasteiger partial charge in [0.15, 0.2) is 0 Å². The van der Waals surface area contributed by atoms with E-state index in [-0.39, 0.29) is 12.4 Å². The highest BCUT2D eigenvalue weighted by molar-refractivity contribution is 6.30. The minimum atomic E-state index is 0. The van der Waals surface area contributed by atoms with Crippen LogP contribution in [0.3, 0.4) is 0 Å². The van der Waals surface area contributed by atoms with Gasteiger partial charge in [-0.05, 0) is 43.6 Å². The maximum atomic E-state index is 5.88. The summed E-state index contributed by atoms with van der Waals surface area (Å²) in [7, 11) is 0. The lowest BCUT2D eigenvalue weighted by molar-refractivity contribution is 0.233. The molecule has 0 bridgehead atoms. The fraction of sp³-hybridized carbons (Fsp3) is 0.538. The zero-order valence-electron chi connectivity index (χ0n) is 10.3. The standard InChI is InChI=1S/C13H19ClN2O.ClH/c14-12-2-1-3-13(8-12)17-7-6-16-5-4-11(9-15)10-16;/h1-3,8,11H,4-7,9-10,15H2;1H. The van der Waals surface area contributed by atoms with Crippen LogP contribution in [-0.4, -0.2) is 37.7 Å². The Morgan fingerprint density at radius 2 is 2.28 bits per heavy atom. The van der Waals surface area contributed by atoms with Crippen molar-refractivity contribution in [2.75, 3.05) is 32.8 Å². The first-order valence-corrected chi connectivity index (χ1v) is 6.46. The van der Waals surface area contributed by atoms with E-state index in [1.807, 2.05) is 24.3 Å². The van der Waals surface area contributed by atoms with Crippen molar-refractivity contribution in [3.8, 4) is 5.75 Å². The topological polar surface area (TPSA) is 38.5 Å². The van der Waals surface area contributed by atoms with Crippen molar-refractivity contribution in [3.63, 3.8) is 0 Å². The minimum Gasteiger partial charge on any atom is -0.492 e. The van der Waals surface area contributed by atoms with Crippen LogP contribution in [0.25, 0.3) is 0 Å². The van der Waals surface area contributed by atoms with Crippen LogP contribution in [0.1, 0.15) is 6.42 Å². The second-order valence-corrected chi connectivity index (χ2v) is 4.93. The quantitative estimate of drug-likeness (QED) is 0.905. The maximum Gasteiger partial charge on any atom is 0.120 e. The number of nitrogens with two attached hydrogens (primary N) is 1. The summed E-state index contributed by atoms with van der Waals surface area (Å²) in [6, 6.07) is 7.52. The number of ether oxygens (including phenoxy) is 1. The molecular weight excluding hydrogens is 271 g/mol. The molecule has 0 aliphatic carbocycles. The van der Waals surface area contributed by atoms with Gasteiger partial charge in [0, 0.05) is 18.1 Å². The Morgan fingerprint density at radius 3 is 2.94 bits per heavy atom. The lowest BCUT2D eigenvalue weighted by atomic mass is 10.1. The van der Waals surface area contributed by atoms with Crippen molar-refractivity contribution in [2.24, 2.45) is 11.7 Å². The van der Waals surface area contributed by atoms with E-state index in [9.17, 15) is 0 Å². The van der Waals surface area contributed by atoms with E-state index in [0.717, 1.165) is 31.9 Å². The first kappa shape index (κ1) is 15.6. The highest BCUT2D eigenvalue weighted by Crippen LogP contribution is 2.18. The van der Waals surface area contributed by atoms with Crippen molar-refractivity contribution in [1.29, 1.82) is 0 Å². The lowest BCUT2D eigenvalue weighted by Gasteiger charge is -2.16. The number of hydrogen-bond acceptors (Lipinski definition) is 3. The average Bonchev–Trinajstić information content (AvgIpc) is 2.77. The van der Waals surface area contributed by atoms with Gasteiger partial charge in [0.1, 0.15) is 12.4 Å². The summed E-state index contributed by atoms with van der Waals surface area (Å²) in [5, 5.41) is 0.715. The van der Waals surface area contributed by atoms with Crippen LogP contribution < -0.4 is 10.5 Å². The van der Waals surface area contributed by atoms with E-state index in [1.54, 1.807) is 0 Å². The van der Waals surface area contributed by atoms with Crippen molar-refractivity contribution < 1.29 is 4.74 Å². The van der Waals surface area contributed by atoms with Crippen LogP contribution in [0.2, 0.25) is 5.02 Å². The Balaban J connectivity index is 0.00000162. The van der Waals surface area contributed by atoms with E-state index in [2.05, 4.69) is 4.90 Å². The third-order valence-corrected chi connectivity index (χ3v) is 3.41. The van der Waals surface area contributed by atoms with Gasteiger partial charge in [-0.2, -0.15) is 0 Å². The molecule has 18 heavy (non-hydrogen) atoms. The van der Waals surface area contributed by atoms with Crippen LogP contribution in [-0.2, 0) is 0 Å². The first-order chi connectivity index (χ1) is 8.28. The van der Waals surface area contributed by atoms with Gasteiger partial charge in [-0.25, -0.2) is 0 Å². The van der Waals surface area contributed by atoms with Crippen molar-refractivity contribution in [3.05, 3.63) is 29.3 Å². The number of rotatable bonds is 5. The highest BCUT2D eigenvalue weighted by Gasteiger charge is 2.20. The molecule has 0 saturated carbocycles. The van der Waals surface area contributed by atoms with Gasteiger partial charge in [0.2, 0.25) is 0 Å². The molecule has 1 fully saturated rings. The molecule has 1 aliphatic heterocycles. The average molecular weight is 291 g/mol. The monoisotopic (exact) mass is 290 g/mol. The molecule has 102 valence electrons. The molecule has 0 spiro atoms. The van der Waals surface area contributed by atoms with Gasteiger partial charge < -0.3 is 10.5 Å². The number of nitrogens with zero attached hydrogens (tertiary/aromatic N) is 1. The van der Waals surface area contributed by atoms with E-state index < -0.39 is 0 Å². The molecule has 0 amide bonds. The first-order valence-electron chi connectivity index (χ1n) is 6.08. The zero-order valence-corrected chi connectivity index (χ0v) is 11.9. The summed E-state index contributed by atoms with van der Waals surface area (Å²) >= 11 is 5.88. The Morgan fingerprint density at radius 1 is 1.44 bits per heavy atom.